The van der Waals surface area contributed by atoms with Crippen molar-refractivity contribution in [3.63, 3.8) is 0 Å². The van der Waals surface area contributed by atoms with Crippen molar-refractivity contribution in [2.75, 3.05) is 13.2 Å². The first-order valence-electron chi connectivity index (χ1n) is 5.38. The molecular weight excluding hydrogens is 194 g/mol. The van der Waals surface area contributed by atoms with E-state index in [0.717, 1.165) is 19.3 Å². The Labute approximate surface area is 89.4 Å². The third kappa shape index (κ3) is 2.25. The highest BCUT2D eigenvalue weighted by molar-refractivity contribution is 4.99. The van der Waals surface area contributed by atoms with Crippen molar-refractivity contribution < 1.29 is 9.47 Å². The molecule has 0 N–H and O–H groups in total. The summed E-state index contributed by atoms with van der Waals surface area (Å²) in [6.45, 7) is 5.29. The largest absolute Gasteiger partial charge is 0.372 e. The number of hydrogen-bond acceptors (Lipinski definition) is 3. The van der Waals surface area contributed by atoms with Gasteiger partial charge in [0, 0.05) is 11.3 Å². The zero-order chi connectivity index (χ0) is 10.9. The molecule has 2 saturated heterocycles. The normalized spacial score (nSPS) is 38.1. The second-order valence-corrected chi connectivity index (χ2v) is 5.10. The van der Waals surface area contributed by atoms with Crippen molar-refractivity contribution in [2.45, 2.75) is 50.4 Å². The summed E-state index contributed by atoms with van der Waals surface area (Å²) in [5.41, 5.74) is 8.06. The minimum absolute atomic E-state index is 0.0760. The SMILES string of the molecule is CC1(C)C[C@@]2(CC[C@@H](CN=[N+]=[N-])O2)CO1. The minimum atomic E-state index is -0.112. The fourth-order valence-electron chi connectivity index (χ4n) is 2.59. The van der Waals surface area contributed by atoms with Crippen LogP contribution >= 0.6 is 0 Å². The van der Waals surface area contributed by atoms with Crippen LogP contribution in [-0.2, 0) is 9.47 Å². The van der Waals surface area contributed by atoms with Crippen molar-refractivity contribution in [3.05, 3.63) is 10.4 Å². The molecule has 2 aliphatic rings. The van der Waals surface area contributed by atoms with E-state index in [4.69, 9.17) is 15.0 Å². The van der Waals surface area contributed by atoms with Gasteiger partial charge >= 0.3 is 0 Å². The molecule has 0 aliphatic carbocycles. The summed E-state index contributed by atoms with van der Waals surface area (Å²) < 4.78 is 11.7. The van der Waals surface area contributed by atoms with Gasteiger partial charge in [-0.1, -0.05) is 5.11 Å². The number of hydrogen-bond donors (Lipinski definition) is 0. The zero-order valence-electron chi connectivity index (χ0n) is 9.27. The Balaban J connectivity index is 1.95. The monoisotopic (exact) mass is 211 g/mol. The van der Waals surface area contributed by atoms with Gasteiger partial charge in [0.25, 0.3) is 0 Å². The summed E-state index contributed by atoms with van der Waals surface area (Å²) in [7, 11) is 0. The van der Waals surface area contributed by atoms with Crippen molar-refractivity contribution in [1.82, 2.24) is 0 Å². The van der Waals surface area contributed by atoms with Crippen LogP contribution in [0.15, 0.2) is 5.11 Å². The van der Waals surface area contributed by atoms with Gasteiger partial charge in [-0.25, -0.2) is 0 Å². The molecule has 15 heavy (non-hydrogen) atoms. The summed E-state index contributed by atoms with van der Waals surface area (Å²) in [6.07, 6.45) is 3.01. The lowest BCUT2D eigenvalue weighted by Gasteiger charge is -2.23. The van der Waals surface area contributed by atoms with Crippen LogP contribution in [0.3, 0.4) is 0 Å². The Bertz CT molecular complexity index is 299. The van der Waals surface area contributed by atoms with Crippen LogP contribution in [0.25, 0.3) is 10.4 Å². The molecule has 84 valence electrons. The van der Waals surface area contributed by atoms with Crippen LogP contribution < -0.4 is 0 Å². The van der Waals surface area contributed by atoms with Gasteiger partial charge in [-0.05, 0) is 32.2 Å². The van der Waals surface area contributed by atoms with E-state index in [-0.39, 0.29) is 17.3 Å². The quantitative estimate of drug-likeness (QED) is 0.400. The number of ether oxygens (including phenoxy) is 2. The maximum atomic E-state index is 8.24. The summed E-state index contributed by atoms with van der Waals surface area (Å²) in [5.74, 6) is 0. The van der Waals surface area contributed by atoms with Crippen LogP contribution in [0.4, 0.5) is 0 Å². The maximum absolute atomic E-state index is 8.24. The van der Waals surface area contributed by atoms with E-state index >= 15 is 0 Å². The Kier molecular flexibility index (Phi) is 2.63. The second-order valence-electron chi connectivity index (χ2n) is 5.10. The smallest absolute Gasteiger partial charge is 0.0947 e. The molecule has 0 unspecified atom stereocenters. The molecule has 5 heteroatoms. The van der Waals surface area contributed by atoms with E-state index in [9.17, 15) is 0 Å². The lowest BCUT2D eigenvalue weighted by Crippen LogP contribution is -2.31. The van der Waals surface area contributed by atoms with Gasteiger partial charge in [0.05, 0.1) is 30.5 Å². The number of azide groups is 1. The minimum Gasteiger partial charge on any atom is -0.372 e. The van der Waals surface area contributed by atoms with Gasteiger partial charge in [0.2, 0.25) is 0 Å². The van der Waals surface area contributed by atoms with Crippen LogP contribution in [0, 0.1) is 0 Å². The zero-order valence-corrected chi connectivity index (χ0v) is 9.27. The van der Waals surface area contributed by atoms with Crippen molar-refractivity contribution in [3.8, 4) is 0 Å². The van der Waals surface area contributed by atoms with Crippen LogP contribution in [0.1, 0.15) is 33.1 Å². The first kappa shape index (κ1) is 10.7. The predicted octanol–water partition coefficient (Wildman–Crippen LogP) is 2.41. The topological polar surface area (TPSA) is 67.2 Å². The van der Waals surface area contributed by atoms with E-state index in [1.165, 1.54) is 0 Å². The third-order valence-electron chi connectivity index (χ3n) is 3.16. The summed E-state index contributed by atoms with van der Waals surface area (Å²) >= 11 is 0. The fraction of sp³-hybridized carbons (Fsp3) is 1.00. The van der Waals surface area contributed by atoms with Crippen molar-refractivity contribution >= 4 is 0 Å². The number of nitrogens with zero attached hydrogens (tertiary/aromatic N) is 3. The molecule has 2 heterocycles. The molecule has 0 saturated carbocycles. The molecule has 0 aromatic heterocycles. The first-order chi connectivity index (χ1) is 7.05. The molecule has 2 atom stereocenters. The maximum Gasteiger partial charge on any atom is 0.0947 e. The predicted molar refractivity (Wildman–Crippen MR) is 55.5 cm³/mol. The molecule has 1 spiro atoms. The van der Waals surface area contributed by atoms with Gasteiger partial charge < -0.3 is 9.47 Å². The Morgan fingerprint density at radius 1 is 1.53 bits per heavy atom. The van der Waals surface area contributed by atoms with Crippen LogP contribution in [-0.4, -0.2) is 30.5 Å². The number of rotatable bonds is 2. The molecule has 0 aromatic rings. The molecule has 2 fully saturated rings. The van der Waals surface area contributed by atoms with Gasteiger partial charge in [0.15, 0.2) is 0 Å². The van der Waals surface area contributed by atoms with E-state index in [2.05, 4.69) is 23.9 Å². The van der Waals surface area contributed by atoms with Gasteiger partial charge in [-0.2, -0.15) is 0 Å². The highest BCUT2D eigenvalue weighted by Crippen LogP contribution is 2.43. The van der Waals surface area contributed by atoms with Crippen molar-refractivity contribution in [1.29, 1.82) is 0 Å². The second kappa shape index (κ2) is 3.67. The van der Waals surface area contributed by atoms with Gasteiger partial charge in [-0.3, -0.25) is 0 Å². The third-order valence-corrected chi connectivity index (χ3v) is 3.16. The van der Waals surface area contributed by atoms with Gasteiger partial charge in [0.1, 0.15) is 0 Å². The lowest BCUT2D eigenvalue weighted by atomic mass is 9.91. The van der Waals surface area contributed by atoms with Crippen molar-refractivity contribution in [2.24, 2.45) is 5.11 Å². The fourth-order valence-corrected chi connectivity index (χ4v) is 2.59. The van der Waals surface area contributed by atoms with E-state index in [1.54, 1.807) is 0 Å². The molecule has 2 aliphatic heterocycles. The Morgan fingerprint density at radius 2 is 2.33 bits per heavy atom. The average Bonchev–Trinajstić information content (AvgIpc) is 2.68. The van der Waals surface area contributed by atoms with Gasteiger partial charge in [-0.15, -0.1) is 0 Å². The van der Waals surface area contributed by atoms with E-state index in [1.807, 2.05) is 0 Å². The van der Waals surface area contributed by atoms with E-state index < -0.39 is 0 Å². The summed E-state index contributed by atoms with van der Waals surface area (Å²) in [4.78, 5) is 2.76. The molecule has 0 bridgehead atoms. The highest BCUT2D eigenvalue weighted by Gasteiger charge is 2.49. The molecule has 5 nitrogen and oxygen atoms in total. The molecule has 0 amide bonds. The van der Waals surface area contributed by atoms with Crippen LogP contribution in [0.5, 0.6) is 0 Å². The average molecular weight is 211 g/mol. The van der Waals surface area contributed by atoms with E-state index in [0.29, 0.717) is 13.2 Å². The Morgan fingerprint density at radius 3 is 2.93 bits per heavy atom. The molecule has 0 radical (unpaired) electrons. The molecule has 2 rings (SSSR count). The summed E-state index contributed by atoms with van der Waals surface area (Å²) in [6, 6.07) is 0. The highest BCUT2D eigenvalue weighted by atomic mass is 16.6. The van der Waals surface area contributed by atoms with Crippen LogP contribution in [0.2, 0.25) is 0 Å². The molecular formula is C10H17N3O2. The lowest BCUT2D eigenvalue weighted by molar-refractivity contribution is -0.0433. The first-order valence-corrected chi connectivity index (χ1v) is 5.38. The summed E-state index contributed by atoms with van der Waals surface area (Å²) in [5, 5.41) is 3.56. The molecule has 0 aromatic carbocycles. The Hall–Kier alpha value is -0.770. The standard InChI is InChI=1S/C10H17N3O2/c1-9(2)6-10(7-14-9)4-3-8(15-10)5-12-13-11/h8H,3-7H2,1-2H3/t8-,10-/m0/s1.